The number of anilines is 1. The Kier molecular flexibility index (Phi) is 3.84. The Balaban J connectivity index is 1.96. The standard InChI is InChI=1S/C12H16ClN3O/c13-10-7-15-11(14)5-9(10)12(17)16-6-8-3-1-2-4-8/h5,7-8H,1-4,6H2,(H2,14,15)(H,16,17). The van der Waals surface area contributed by atoms with Crippen LogP contribution in [-0.2, 0) is 0 Å². The molecule has 1 aliphatic rings. The second kappa shape index (κ2) is 5.36. The Hall–Kier alpha value is -1.29. The first-order valence-corrected chi connectivity index (χ1v) is 6.24. The second-order valence-electron chi connectivity index (χ2n) is 4.45. The molecule has 0 bridgehead atoms. The minimum absolute atomic E-state index is 0.170. The Morgan fingerprint density at radius 3 is 2.94 bits per heavy atom. The molecule has 1 aromatic rings. The van der Waals surface area contributed by atoms with Crippen LogP contribution < -0.4 is 11.1 Å². The number of carbonyl (C=O) groups is 1. The number of hydrogen-bond acceptors (Lipinski definition) is 3. The lowest BCUT2D eigenvalue weighted by molar-refractivity contribution is 0.0947. The fourth-order valence-corrected chi connectivity index (χ4v) is 2.36. The first-order chi connectivity index (χ1) is 8.16. The third kappa shape index (κ3) is 3.09. The number of halogens is 1. The molecule has 17 heavy (non-hydrogen) atoms. The molecular weight excluding hydrogens is 238 g/mol. The van der Waals surface area contributed by atoms with Gasteiger partial charge in [0.05, 0.1) is 10.6 Å². The smallest absolute Gasteiger partial charge is 0.252 e. The van der Waals surface area contributed by atoms with Crippen molar-refractivity contribution >= 4 is 23.3 Å². The van der Waals surface area contributed by atoms with E-state index < -0.39 is 0 Å². The summed E-state index contributed by atoms with van der Waals surface area (Å²) in [7, 11) is 0. The van der Waals surface area contributed by atoms with Crippen molar-refractivity contribution in [3.8, 4) is 0 Å². The molecule has 0 unspecified atom stereocenters. The molecular formula is C12H16ClN3O. The fraction of sp³-hybridized carbons (Fsp3) is 0.500. The maximum Gasteiger partial charge on any atom is 0.252 e. The molecule has 0 aliphatic heterocycles. The summed E-state index contributed by atoms with van der Waals surface area (Å²) in [5, 5.41) is 3.24. The zero-order valence-electron chi connectivity index (χ0n) is 9.58. The number of amides is 1. The molecule has 0 saturated heterocycles. The van der Waals surface area contributed by atoms with Gasteiger partial charge in [-0.2, -0.15) is 0 Å². The van der Waals surface area contributed by atoms with Crippen LogP contribution in [0.2, 0.25) is 5.02 Å². The van der Waals surface area contributed by atoms with Crippen molar-refractivity contribution in [1.82, 2.24) is 10.3 Å². The molecule has 5 heteroatoms. The topological polar surface area (TPSA) is 68.0 Å². The lowest BCUT2D eigenvalue weighted by atomic mass is 10.1. The van der Waals surface area contributed by atoms with E-state index in [4.69, 9.17) is 17.3 Å². The number of aromatic nitrogens is 1. The highest BCUT2D eigenvalue weighted by Crippen LogP contribution is 2.24. The molecule has 0 atom stereocenters. The molecule has 1 saturated carbocycles. The van der Waals surface area contributed by atoms with E-state index in [1.807, 2.05) is 0 Å². The summed E-state index contributed by atoms with van der Waals surface area (Å²) in [6.07, 6.45) is 6.34. The summed E-state index contributed by atoms with van der Waals surface area (Å²) in [4.78, 5) is 15.7. The third-order valence-corrected chi connectivity index (χ3v) is 3.45. The van der Waals surface area contributed by atoms with Gasteiger partial charge in [-0.25, -0.2) is 4.98 Å². The summed E-state index contributed by atoms with van der Waals surface area (Å²) in [6.45, 7) is 0.720. The minimum Gasteiger partial charge on any atom is -0.384 e. The predicted octanol–water partition coefficient (Wildman–Crippen LogP) is 2.24. The van der Waals surface area contributed by atoms with Gasteiger partial charge in [0.25, 0.3) is 5.91 Å². The third-order valence-electron chi connectivity index (χ3n) is 3.15. The van der Waals surface area contributed by atoms with Gasteiger partial charge in [0.2, 0.25) is 0 Å². The van der Waals surface area contributed by atoms with Crippen molar-refractivity contribution in [3.05, 3.63) is 22.8 Å². The maximum absolute atomic E-state index is 11.9. The van der Waals surface area contributed by atoms with Crippen molar-refractivity contribution in [2.24, 2.45) is 5.92 Å². The second-order valence-corrected chi connectivity index (χ2v) is 4.86. The zero-order chi connectivity index (χ0) is 12.3. The highest BCUT2D eigenvalue weighted by atomic mass is 35.5. The van der Waals surface area contributed by atoms with Gasteiger partial charge in [-0.15, -0.1) is 0 Å². The van der Waals surface area contributed by atoms with Gasteiger partial charge in [0, 0.05) is 12.7 Å². The molecule has 1 fully saturated rings. The van der Waals surface area contributed by atoms with Crippen LogP contribution in [0.25, 0.3) is 0 Å². The van der Waals surface area contributed by atoms with Gasteiger partial charge in [-0.3, -0.25) is 4.79 Å². The van der Waals surface area contributed by atoms with Crippen molar-refractivity contribution in [2.75, 3.05) is 12.3 Å². The van der Waals surface area contributed by atoms with Crippen LogP contribution >= 0.6 is 11.6 Å². The average Bonchev–Trinajstić information content (AvgIpc) is 2.82. The van der Waals surface area contributed by atoms with Crippen molar-refractivity contribution in [1.29, 1.82) is 0 Å². The molecule has 1 amide bonds. The Morgan fingerprint density at radius 1 is 1.53 bits per heavy atom. The van der Waals surface area contributed by atoms with Crippen LogP contribution in [0.1, 0.15) is 36.0 Å². The van der Waals surface area contributed by atoms with E-state index in [2.05, 4.69) is 10.3 Å². The highest BCUT2D eigenvalue weighted by Gasteiger charge is 2.17. The van der Waals surface area contributed by atoms with E-state index in [-0.39, 0.29) is 5.91 Å². The lowest BCUT2D eigenvalue weighted by Crippen LogP contribution is -2.28. The number of hydrogen-bond donors (Lipinski definition) is 2. The van der Waals surface area contributed by atoms with Gasteiger partial charge in [-0.1, -0.05) is 24.4 Å². The van der Waals surface area contributed by atoms with E-state index in [1.54, 1.807) is 0 Å². The Bertz CT molecular complexity index is 416. The summed E-state index contributed by atoms with van der Waals surface area (Å²) < 4.78 is 0. The molecule has 0 radical (unpaired) electrons. The molecule has 0 aromatic carbocycles. The minimum atomic E-state index is -0.170. The number of pyridine rings is 1. The van der Waals surface area contributed by atoms with Crippen LogP contribution in [0.15, 0.2) is 12.3 Å². The average molecular weight is 254 g/mol. The van der Waals surface area contributed by atoms with Crippen LogP contribution in [-0.4, -0.2) is 17.4 Å². The summed E-state index contributed by atoms with van der Waals surface area (Å²) in [5.74, 6) is 0.744. The summed E-state index contributed by atoms with van der Waals surface area (Å²) in [5.41, 5.74) is 5.93. The SMILES string of the molecule is Nc1cc(C(=O)NCC2CCCC2)c(Cl)cn1. The fourth-order valence-electron chi connectivity index (χ4n) is 2.18. The van der Waals surface area contributed by atoms with E-state index in [1.165, 1.54) is 37.9 Å². The van der Waals surface area contributed by atoms with Crippen LogP contribution in [0.4, 0.5) is 5.82 Å². The normalized spacial score (nSPS) is 16.1. The zero-order valence-corrected chi connectivity index (χ0v) is 10.3. The maximum atomic E-state index is 11.9. The van der Waals surface area contributed by atoms with Crippen molar-refractivity contribution in [2.45, 2.75) is 25.7 Å². The molecule has 3 N–H and O–H groups in total. The summed E-state index contributed by atoms with van der Waals surface area (Å²) in [6, 6.07) is 1.51. The molecule has 1 aromatic heterocycles. The van der Waals surface area contributed by atoms with E-state index in [0.29, 0.717) is 22.3 Å². The number of nitrogens with zero attached hydrogens (tertiary/aromatic N) is 1. The first kappa shape index (κ1) is 12.2. The Labute approximate surface area is 106 Å². The molecule has 1 aliphatic carbocycles. The molecule has 4 nitrogen and oxygen atoms in total. The largest absolute Gasteiger partial charge is 0.384 e. The van der Waals surface area contributed by atoms with Gasteiger partial charge in [-0.05, 0) is 24.8 Å². The van der Waals surface area contributed by atoms with Gasteiger partial charge in [0.1, 0.15) is 5.82 Å². The van der Waals surface area contributed by atoms with Gasteiger partial charge >= 0.3 is 0 Å². The van der Waals surface area contributed by atoms with Gasteiger partial charge < -0.3 is 11.1 Å². The van der Waals surface area contributed by atoms with Gasteiger partial charge in [0.15, 0.2) is 0 Å². The molecule has 1 heterocycles. The van der Waals surface area contributed by atoms with Crippen LogP contribution in [0.5, 0.6) is 0 Å². The highest BCUT2D eigenvalue weighted by molar-refractivity contribution is 6.33. The van der Waals surface area contributed by atoms with E-state index in [9.17, 15) is 4.79 Å². The quantitative estimate of drug-likeness (QED) is 0.868. The number of nitrogen functional groups attached to an aromatic ring is 1. The van der Waals surface area contributed by atoms with Crippen LogP contribution in [0.3, 0.4) is 0 Å². The molecule has 92 valence electrons. The summed E-state index contributed by atoms with van der Waals surface area (Å²) >= 11 is 5.91. The lowest BCUT2D eigenvalue weighted by Gasteiger charge is -2.11. The van der Waals surface area contributed by atoms with Crippen molar-refractivity contribution < 1.29 is 4.79 Å². The first-order valence-electron chi connectivity index (χ1n) is 5.86. The van der Waals surface area contributed by atoms with Crippen molar-refractivity contribution in [3.63, 3.8) is 0 Å². The molecule has 0 spiro atoms. The number of nitrogens with two attached hydrogens (primary N) is 1. The monoisotopic (exact) mass is 253 g/mol. The van der Waals surface area contributed by atoms with E-state index >= 15 is 0 Å². The van der Waals surface area contributed by atoms with E-state index in [0.717, 1.165) is 6.54 Å². The van der Waals surface area contributed by atoms with Crippen LogP contribution in [0, 0.1) is 5.92 Å². The Morgan fingerprint density at radius 2 is 2.24 bits per heavy atom. The number of nitrogens with one attached hydrogen (secondary N) is 1. The predicted molar refractivity (Wildman–Crippen MR) is 68.0 cm³/mol. The molecule has 2 rings (SSSR count). The number of rotatable bonds is 3. The number of carbonyl (C=O) groups excluding carboxylic acids is 1.